The second-order valence-electron chi connectivity index (χ2n) is 30.7. The highest BCUT2D eigenvalue weighted by Gasteiger charge is 2.46. The lowest BCUT2D eigenvalue weighted by Crippen LogP contribution is -2.83. The van der Waals surface area contributed by atoms with E-state index in [1.807, 2.05) is 0 Å². The van der Waals surface area contributed by atoms with Gasteiger partial charge in [-0.05, 0) is 96.8 Å². The number of esters is 1. The molecule has 718 valence electrons. The highest BCUT2D eigenvalue weighted by molar-refractivity contribution is 6.17. The SMILES string of the molecule is CCn1cc(C(=O)O)c(=O)c2cc(F)c(N3CCN(C(=O)OCOC(=O)CCC(=O)NCCNC(=O)CCC(=O)NC4=Cc5cc([O-])c(O)cc5N5C4=[NH+]CC[C@H]5C(=O)N[C@H](CO)C(=O)N[C@@H](CCCNC(=N)N)C(=O)N[C@H](CO)C(=O)N[C@@H](CCCN(O)C=O)C(=O)N[C@H]4CCCCNC(=O)[C@@H]([C@@H](C)O)NC(=O)[C@@H]([C@@H](C)O)NC(=O)[C@H](CCCN(O)C=O)NC4=O)CC3)cc21. The van der Waals surface area contributed by atoms with E-state index in [4.69, 9.17) is 20.6 Å². The Bertz CT molecular complexity index is 4820. The number of halogens is 1. The summed E-state index contributed by atoms with van der Waals surface area (Å²) in [7, 11) is 0. The molecule has 3 aromatic rings. The Morgan fingerprint density at radius 3 is 1.90 bits per heavy atom. The van der Waals surface area contributed by atoms with E-state index in [1.165, 1.54) is 39.6 Å². The van der Waals surface area contributed by atoms with E-state index in [1.54, 1.807) is 11.8 Å². The molecule has 0 bridgehead atoms. The van der Waals surface area contributed by atoms with Crippen LogP contribution in [0.15, 0.2) is 41.0 Å². The summed E-state index contributed by atoms with van der Waals surface area (Å²) in [4.78, 5) is 246. The first-order valence-corrected chi connectivity index (χ1v) is 41.9. The first kappa shape index (κ1) is 104. The number of carboxylic acids is 1. The number of rotatable bonds is 43. The Morgan fingerprint density at radius 1 is 0.695 bits per heavy atom. The highest BCUT2D eigenvalue weighted by atomic mass is 19.1. The number of ether oxygens (including phenoxy) is 2. The Kier molecular flexibility index (Phi) is 40.3. The van der Waals surface area contributed by atoms with Crippen molar-refractivity contribution in [2.45, 2.75) is 184 Å². The van der Waals surface area contributed by atoms with Gasteiger partial charge in [-0.3, -0.25) is 97.5 Å². The maximum absolute atomic E-state index is 15.4. The standard InChI is InChI=1S/C79H111FN22O29/c1-4-97-35-45(77(125)126)66(115)44-32-46(80)57(33-56(44)97)98-26-28-99(29-27-98)79(127)131-40-130-63(114)17-16-61(112)84-23-22-83-60(111)14-15-62(113)88-51-30-43-31-58(109)59(110)34-55(43)102-54(18-21-85-67(51)102)74(122)94-53(37-104)73(121)91-48(11-7-20-87-78(81)82)70(118)93-52(36-103)72(120)92-49(12-8-24-100(128)38-105)69(117)89-47-10-5-6-19-86-75(123)64(41(2)107)96-76(124)65(42(3)108)95-71(119)50(90-68(47)116)13-9-25-101(129)39-106/h30-35,38-39,41-42,47-50,52-54,64-65,103-104,107-110,128-129H,4-29,36-37,40H2,1-3H3,(H,83,111)(H,84,112)(H,86,123)(H,88,113)(H,89,117)(H,90,116)(H,91,121)(H,92,120)(H,93,118)(H,94,122)(H,95,119)(H,96,124)(H,125,126)(H4,81,82,87)/t41-,42-,47+,48+,49+,50+,52-,53-,54+,64-,65-/m1/s1. The maximum Gasteiger partial charge on any atom is 0.412 e. The topological polar surface area (TPSA) is 752 Å². The largest absolute Gasteiger partial charge is 0.870 e. The predicted octanol–water partition coefficient (Wildman–Crippen LogP) is -10.1. The fraction of sp³-hybridized carbons (Fsp3) is 0.544. The van der Waals surface area contributed by atoms with E-state index in [2.05, 4.69) is 74.1 Å². The smallest absolute Gasteiger partial charge is 0.412 e. The average Bonchev–Trinajstić information content (AvgIpc) is 0.743. The van der Waals surface area contributed by atoms with Crippen LogP contribution >= 0.6 is 0 Å². The number of carboxylic acid groups (broad SMARTS) is 1. The number of anilines is 2. The molecule has 0 saturated carbocycles. The molecule has 131 heavy (non-hydrogen) atoms. The van der Waals surface area contributed by atoms with Crippen LogP contribution in [0.5, 0.6) is 11.5 Å². The Hall–Kier alpha value is -14.0. The van der Waals surface area contributed by atoms with Crippen LogP contribution in [0.2, 0.25) is 0 Å². The van der Waals surface area contributed by atoms with Crippen molar-refractivity contribution in [3.8, 4) is 11.5 Å². The minimum Gasteiger partial charge on any atom is -0.870 e. The number of aliphatic hydroxyl groups excluding tert-OH is 4. The van der Waals surface area contributed by atoms with Crippen molar-refractivity contribution in [3.63, 3.8) is 0 Å². The summed E-state index contributed by atoms with van der Waals surface area (Å²) in [6.07, 6.45) is -5.25. The molecule has 4 aliphatic rings. The fourth-order valence-electron chi connectivity index (χ4n) is 14.2. The maximum atomic E-state index is 15.4. The molecule has 1 aromatic heterocycles. The minimum atomic E-state index is -2.02. The van der Waals surface area contributed by atoms with Crippen molar-refractivity contribution in [2.75, 3.05) is 102 Å². The molecule has 2 fully saturated rings. The zero-order valence-corrected chi connectivity index (χ0v) is 71.8. The number of aromatic hydroxyl groups is 1. The van der Waals surface area contributed by atoms with Gasteiger partial charge in [0.1, 0.15) is 76.8 Å². The quantitative estimate of drug-likeness (QED) is 0.00366. The van der Waals surface area contributed by atoms with Crippen LogP contribution in [0.4, 0.5) is 20.6 Å². The van der Waals surface area contributed by atoms with Crippen molar-refractivity contribution in [2.24, 2.45) is 5.73 Å². The molecule has 0 spiro atoms. The van der Waals surface area contributed by atoms with Gasteiger partial charge in [0.05, 0.1) is 49.6 Å². The number of guanidine groups is 1. The van der Waals surface area contributed by atoms with Gasteiger partial charge in [0, 0.05) is 121 Å². The molecule has 2 saturated heterocycles. The zero-order valence-electron chi connectivity index (χ0n) is 71.8. The normalized spacial score (nSPS) is 18.5. The third-order valence-electron chi connectivity index (χ3n) is 21.2. The number of nitrogens with zero attached hydrogens (tertiary/aromatic N) is 6. The Morgan fingerprint density at radius 2 is 1.28 bits per heavy atom. The van der Waals surface area contributed by atoms with Gasteiger partial charge in [0.25, 0.3) is 11.7 Å². The number of benzene rings is 2. The molecule has 7 rings (SSSR count). The number of hydrogen-bond acceptors (Lipinski definition) is 31. The van der Waals surface area contributed by atoms with Crippen LogP contribution in [0.25, 0.3) is 17.0 Å². The van der Waals surface area contributed by atoms with Crippen molar-refractivity contribution in [3.05, 3.63) is 63.3 Å². The zero-order chi connectivity index (χ0) is 96.5. The van der Waals surface area contributed by atoms with E-state index >= 15 is 4.39 Å². The number of hydroxylamine groups is 4. The van der Waals surface area contributed by atoms with Crippen LogP contribution < -0.4 is 100 Å². The summed E-state index contributed by atoms with van der Waals surface area (Å²) in [5, 5.41) is 135. The van der Waals surface area contributed by atoms with Crippen LogP contribution in [0.1, 0.15) is 127 Å². The molecular weight excluding hydrogens is 1740 g/mol. The number of amidine groups is 1. The summed E-state index contributed by atoms with van der Waals surface area (Å²) in [5.41, 5.74) is 4.61. The number of phenols is 1. The van der Waals surface area contributed by atoms with Gasteiger partial charge < -0.3 is 134 Å². The summed E-state index contributed by atoms with van der Waals surface area (Å²) >= 11 is 0. The predicted molar refractivity (Wildman–Crippen MR) is 448 cm³/mol. The average molecular weight is 1850 g/mol. The molecule has 5 heterocycles. The highest BCUT2D eigenvalue weighted by Crippen LogP contribution is 2.38. The van der Waals surface area contributed by atoms with Crippen LogP contribution in [-0.4, -0.2) is 333 Å². The van der Waals surface area contributed by atoms with E-state index in [0.717, 1.165) is 25.1 Å². The summed E-state index contributed by atoms with van der Waals surface area (Å²) < 4.78 is 27.0. The molecule has 15 amide bonds. The number of aliphatic hydroxyl groups is 4. The van der Waals surface area contributed by atoms with E-state index in [-0.39, 0.29) is 186 Å². The van der Waals surface area contributed by atoms with Gasteiger partial charge >= 0.3 is 18.0 Å². The number of phenolic OH excluding ortho intramolecular Hbond substituents is 1. The first-order valence-electron chi connectivity index (χ1n) is 41.9. The van der Waals surface area contributed by atoms with Gasteiger partial charge in [0.15, 0.2) is 12.0 Å². The second kappa shape index (κ2) is 50.7. The second-order valence-corrected chi connectivity index (χ2v) is 30.7. The lowest BCUT2D eigenvalue weighted by molar-refractivity contribution is -0.463. The number of carbonyl (C=O) groups excluding carboxylic acids is 16. The minimum absolute atomic E-state index is 0.00189. The van der Waals surface area contributed by atoms with Gasteiger partial charge in [-0.1, -0.05) is 11.8 Å². The number of hydrogen-bond donors (Lipinski definition) is 24. The Balaban J connectivity index is 0.927. The van der Waals surface area contributed by atoms with Crippen LogP contribution in [-0.2, 0) is 87.9 Å². The first-order chi connectivity index (χ1) is 62.3. The fourth-order valence-corrected chi connectivity index (χ4v) is 14.2. The van der Waals surface area contributed by atoms with Gasteiger partial charge in [-0.15, -0.1) is 0 Å². The number of amides is 15. The molecule has 4 aliphatic heterocycles. The van der Waals surface area contributed by atoms with Crippen LogP contribution in [0, 0.1) is 11.2 Å². The lowest BCUT2D eigenvalue weighted by atomic mass is 9.98. The van der Waals surface area contributed by atoms with E-state index < -0.39 is 249 Å². The molecule has 25 N–H and O–H groups in total. The number of nitrogens with two attached hydrogens (primary N) is 1. The van der Waals surface area contributed by atoms with Crippen molar-refractivity contribution >= 4 is 142 Å². The molecule has 0 unspecified atom stereocenters. The number of pyridine rings is 1. The van der Waals surface area contributed by atoms with Gasteiger partial charge in [0.2, 0.25) is 90.0 Å². The van der Waals surface area contributed by atoms with Crippen LogP contribution in [0.3, 0.4) is 0 Å². The van der Waals surface area contributed by atoms with Crippen molar-refractivity contribution in [1.82, 2.24) is 88.7 Å². The van der Waals surface area contributed by atoms with Gasteiger partial charge in [-0.2, -0.15) is 0 Å². The van der Waals surface area contributed by atoms with E-state index in [0.29, 0.717) is 5.52 Å². The molecular formula is C79H111FN22O29. The number of nitrogens with one attached hydrogen (secondary N) is 15. The van der Waals surface area contributed by atoms with Crippen molar-refractivity contribution in [1.29, 1.82) is 5.41 Å². The molecule has 0 aliphatic carbocycles. The summed E-state index contributed by atoms with van der Waals surface area (Å²) in [5.74, 6) is -17.5. The van der Waals surface area contributed by atoms with Gasteiger partial charge in [-0.25, -0.2) is 29.0 Å². The lowest BCUT2D eigenvalue weighted by Gasteiger charge is -2.35. The molecule has 11 atom stereocenters. The molecule has 2 aromatic carbocycles. The number of aryl methyl sites for hydroxylation is 1. The van der Waals surface area contributed by atoms with E-state index in [9.17, 15) is 132 Å². The molecule has 52 heteroatoms. The summed E-state index contributed by atoms with van der Waals surface area (Å²) in [6, 6.07) is -11.2. The third kappa shape index (κ3) is 30.6. The Labute approximate surface area is 745 Å². The molecule has 0 radical (unpaired) electrons. The number of aromatic carboxylic acids is 1. The number of carbonyl (C=O) groups is 17. The number of aromatic nitrogens is 1. The molecule has 51 nitrogen and oxygen atoms in total. The number of fused-ring (bicyclic) bond motifs is 4. The third-order valence-corrected chi connectivity index (χ3v) is 21.2. The summed E-state index contributed by atoms with van der Waals surface area (Å²) in [6.45, 7) is 0.0981. The monoisotopic (exact) mass is 1850 g/mol. The number of piperazine rings is 1. The van der Waals surface area contributed by atoms with Crippen molar-refractivity contribution < 1.29 is 147 Å².